The van der Waals surface area contributed by atoms with E-state index in [9.17, 15) is 0 Å². The molecule has 0 aliphatic heterocycles. The third-order valence-electron chi connectivity index (χ3n) is 2.23. The molecule has 5 heteroatoms. The first kappa shape index (κ1) is 11.8. The molecular formula is C11H13ClN2OS. The topological polar surface area (TPSA) is 35.0 Å². The van der Waals surface area contributed by atoms with Crippen molar-refractivity contribution in [2.45, 2.75) is 26.9 Å². The van der Waals surface area contributed by atoms with Crippen molar-refractivity contribution in [3.8, 4) is 0 Å². The Morgan fingerprint density at radius 3 is 2.88 bits per heavy atom. The average Bonchev–Trinajstić information content (AvgIpc) is 2.70. The first-order valence-corrected chi connectivity index (χ1v) is 6.46. The van der Waals surface area contributed by atoms with Gasteiger partial charge in [0.25, 0.3) is 0 Å². The molecule has 0 atom stereocenters. The van der Waals surface area contributed by atoms with Gasteiger partial charge < -0.3 is 4.74 Å². The third-order valence-corrected chi connectivity index (χ3v) is 3.69. The van der Waals surface area contributed by atoms with Gasteiger partial charge in [-0.15, -0.1) is 11.3 Å². The lowest BCUT2D eigenvalue weighted by Crippen LogP contribution is -1.98. The van der Waals surface area contributed by atoms with Crippen LogP contribution in [0.5, 0.6) is 0 Å². The Morgan fingerprint density at radius 1 is 1.38 bits per heavy atom. The molecule has 2 rings (SSSR count). The van der Waals surface area contributed by atoms with Crippen molar-refractivity contribution >= 4 is 33.2 Å². The number of thiophene rings is 1. The molecule has 0 unspecified atom stereocenters. The Hall–Kier alpha value is -0.710. The molecule has 0 spiro atoms. The lowest BCUT2D eigenvalue weighted by Gasteiger charge is -2.00. The Bertz CT molecular complexity index is 498. The van der Waals surface area contributed by atoms with E-state index >= 15 is 0 Å². The van der Waals surface area contributed by atoms with Crippen LogP contribution in [-0.4, -0.2) is 16.6 Å². The molecule has 3 nitrogen and oxygen atoms in total. The van der Waals surface area contributed by atoms with E-state index in [4.69, 9.17) is 16.3 Å². The van der Waals surface area contributed by atoms with Crippen LogP contribution in [0.25, 0.3) is 10.2 Å². The van der Waals surface area contributed by atoms with E-state index in [0.717, 1.165) is 16.6 Å². The summed E-state index contributed by atoms with van der Waals surface area (Å²) < 4.78 is 5.28. The summed E-state index contributed by atoms with van der Waals surface area (Å²) in [5, 5.41) is 1.47. The van der Waals surface area contributed by atoms with Crippen LogP contribution in [0.15, 0.2) is 6.07 Å². The highest BCUT2D eigenvalue weighted by Gasteiger charge is 2.09. The molecule has 0 saturated heterocycles. The van der Waals surface area contributed by atoms with Crippen LogP contribution in [0.3, 0.4) is 0 Å². The van der Waals surface area contributed by atoms with Gasteiger partial charge in [0.1, 0.15) is 16.6 Å². The zero-order valence-electron chi connectivity index (χ0n) is 9.29. The molecule has 0 N–H and O–H groups in total. The summed E-state index contributed by atoms with van der Waals surface area (Å²) in [6.07, 6.45) is 0.998. The van der Waals surface area contributed by atoms with E-state index in [1.54, 1.807) is 11.3 Å². The van der Waals surface area contributed by atoms with E-state index in [2.05, 4.69) is 23.0 Å². The summed E-state index contributed by atoms with van der Waals surface area (Å²) in [6.45, 7) is 5.14. The van der Waals surface area contributed by atoms with E-state index in [-0.39, 0.29) is 0 Å². The van der Waals surface area contributed by atoms with Crippen molar-refractivity contribution in [3.63, 3.8) is 0 Å². The molecule has 0 aliphatic rings. The second-order valence-corrected chi connectivity index (χ2v) is 4.83. The zero-order valence-corrected chi connectivity index (χ0v) is 10.9. The minimum atomic E-state index is 0.422. The van der Waals surface area contributed by atoms with E-state index in [1.165, 1.54) is 4.88 Å². The molecule has 0 aromatic carbocycles. The summed E-state index contributed by atoms with van der Waals surface area (Å²) in [6, 6.07) is 2.06. The monoisotopic (exact) mass is 256 g/mol. The van der Waals surface area contributed by atoms with E-state index < -0.39 is 0 Å². The molecule has 2 heterocycles. The van der Waals surface area contributed by atoms with Crippen molar-refractivity contribution in [3.05, 3.63) is 21.9 Å². The maximum atomic E-state index is 6.11. The van der Waals surface area contributed by atoms with Crippen molar-refractivity contribution in [1.82, 2.24) is 9.97 Å². The lowest BCUT2D eigenvalue weighted by molar-refractivity contribution is 0.128. The normalized spacial score (nSPS) is 11.2. The molecule has 86 valence electrons. The van der Waals surface area contributed by atoms with Crippen molar-refractivity contribution in [2.75, 3.05) is 6.61 Å². The number of hydrogen-bond acceptors (Lipinski definition) is 4. The van der Waals surface area contributed by atoms with Crippen LogP contribution < -0.4 is 0 Å². The SMILES string of the molecule is CCOCc1nc(Cl)c2cc(CC)sc2n1. The Morgan fingerprint density at radius 2 is 2.19 bits per heavy atom. The molecule has 0 fully saturated rings. The third kappa shape index (κ3) is 2.34. The molecule has 2 aromatic heterocycles. The number of aromatic nitrogens is 2. The summed E-state index contributed by atoms with van der Waals surface area (Å²) in [4.78, 5) is 10.9. The average molecular weight is 257 g/mol. The second-order valence-electron chi connectivity index (χ2n) is 3.35. The maximum absolute atomic E-state index is 6.11. The van der Waals surface area contributed by atoms with Crippen LogP contribution in [0.2, 0.25) is 5.15 Å². The molecule has 0 saturated carbocycles. The van der Waals surface area contributed by atoms with Gasteiger partial charge in [-0.1, -0.05) is 18.5 Å². The Labute approximate surface area is 103 Å². The van der Waals surface area contributed by atoms with Gasteiger partial charge in [0, 0.05) is 16.9 Å². The van der Waals surface area contributed by atoms with Gasteiger partial charge in [0.2, 0.25) is 0 Å². The minimum Gasteiger partial charge on any atom is -0.374 e. The predicted octanol–water partition coefficient (Wildman–Crippen LogP) is 3.44. The van der Waals surface area contributed by atoms with Crippen LogP contribution in [-0.2, 0) is 17.8 Å². The maximum Gasteiger partial charge on any atom is 0.157 e. The van der Waals surface area contributed by atoms with E-state index in [0.29, 0.717) is 24.2 Å². The largest absolute Gasteiger partial charge is 0.374 e. The highest BCUT2D eigenvalue weighted by Crippen LogP contribution is 2.29. The van der Waals surface area contributed by atoms with E-state index in [1.807, 2.05) is 6.92 Å². The second kappa shape index (κ2) is 5.08. The smallest absolute Gasteiger partial charge is 0.157 e. The van der Waals surface area contributed by atoms with Crippen molar-refractivity contribution in [2.24, 2.45) is 0 Å². The van der Waals surface area contributed by atoms with Gasteiger partial charge in [0.15, 0.2) is 5.82 Å². The van der Waals surface area contributed by atoms with Gasteiger partial charge in [-0.05, 0) is 19.4 Å². The molecule has 16 heavy (non-hydrogen) atoms. The fourth-order valence-electron chi connectivity index (χ4n) is 1.41. The first-order valence-electron chi connectivity index (χ1n) is 5.27. The lowest BCUT2D eigenvalue weighted by atomic mass is 10.3. The molecule has 2 aromatic rings. The van der Waals surface area contributed by atoms with Gasteiger partial charge in [-0.2, -0.15) is 0 Å². The summed E-state index contributed by atoms with van der Waals surface area (Å²) in [7, 11) is 0. The summed E-state index contributed by atoms with van der Waals surface area (Å²) in [5.74, 6) is 0.656. The number of hydrogen-bond donors (Lipinski definition) is 0. The Balaban J connectivity index is 2.40. The van der Waals surface area contributed by atoms with Crippen molar-refractivity contribution < 1.29 is 4.74 Å². The zero-order chi connectivity index (χ0) is 11.5. The highest BCUT2D eigenvalue weighted by molar-refractivity contribution is 7.18. The van der Waals surface area contributed by atoms with Crippen LogP contribution in [0.1, 0.15) is 24.5 Å². The molecule has 0 bridgehead atoms. The van der Waals surface area contributed by atoms with Gasteiger partial charge >= 0.3 is 0 Å². The van der Waals surface area contributed by atoms with Gasteiger partial charge in [-0.3, -0.25) is 0 Å². The highest BCUT2D eigenvalue weighted by atomic mass is 35.5. The van der Waals surface area contributed by atoms with Crippen LogP contribution in [0.4, 0.5) is 0 Å². The van der Waals surface area contributed by atoms with Gasteiger partial charge in [-0.25, -0.2) is 9.97 Å². The predicted molar refractivity (Wildman–Crippen MR) is 67.1 cm³/mol. The molecule has 0 radical (unpaired) electrons. The first-order chi connectivity index (χ1) is 7.74. The molecule has 0 amide bonds. The number of halogens is 1. The number of rotatable bonds is 4. The van der Waals surface area contributed by atoms with Crippen LogP contribution in [0, 0.1) is 0 Å². The summed E-state index contributed by atoms with van der Waals surface area (Å²) >= 11 is 7.78. The number of nitrogens with zero attached hydrogens (tertiary/aromatic N) is 2. The standard InChI is InChI=1S/C11H13ClN2OS/c1-3-7-5-8-10(12)13-9(6-15-4-2)14-11(8)16-7/h5H,3-4,6H2,1-2H3. The number of fused-ring (bicyclic) bond motifs is 1. The minimum absolute atomic E-state index is 0.422. The van der Waals surface area contributed by atoms with Crippen LogP contribution >= 0.6 is 22.9 Å². The number of ether oxygens (including phenoxy) is 1. The van der Waals surface area contributed by atoms with Crippen molar-refractivity contribution in [1.29, 1.82) is 0 Å². The van der Waals surface area contributed by atoms with Gasteiger partial charge in [0.05, 0.1) is 0 Å². The number of aryl methyl sites for hydroxylation is 1. The fourth-order valence-corrected chi connectivity index (χ4v) is 2.69. The summed E-state index contributed by atoms with van der Waals surface area (Å²) in [5.41, 5.74) is 0. The Kier molecular flexibility index (Phi) is 3.74. The fraction of sp³-hybridized carbons (Fsp3) is 0.455. The molecule has 0 aliphatic carbocycles. The quantitative estimate of drug-likeness (QED) is 0.786. The molecular weight excluding hydrogens is 244 g/mol.